The molecule has 0 atom stereocenters. The van der Waals surface area contributed by atoms with Crippen LogP contribution in [0.1, 0.15) is 5.56 Å². The second kappa shape index (κ2) is 5.38. The van der Waals surface area contributed by atoms with Gasteiger partial charge in [-0.25, -0.2) is 9.97 Å². The molecule has 0 N–H and O–H groups in total. The zero-order valence-electron chi connectivity index (χ0n) is 9.34. The molecule has 2 heterocycles. The molecule has 90 valence electrons. The van der Waals surface area contributed by atoms with E-state index in [9.17, 15) is 0 Å². The fourth-order valence-electron chi connectivity index (χ4n) is 1.64. The monoisotopic (exact) mass is 336 g/mol. The highest BCUT2D eigenvalue weighted by Gasteiger charge is 2.06. The largest absolute Gasteiger partial charge is 0.229 e. The number of rotatable bonds is 3. The molecule has 0 aliphatic rings. The Bertz CT molecular complexity index is 681. The van der Waals surface area contributed by atoms with Crippen molar-refractivity contribution in [1.29, 1.82) is 0 Å². The summed E-state index contributed by atoms with van der Waals surface area (Å²) in [7, 11) is 0. The van der Waals surface area contributed by atoms with Crippen molar-refractivity contribution in [2.24, 2.45) is 0 Å². The van der Waals surface area contributed by atoms with Crippen molar-refractivity contribution in [3.05, 3.63) is 52.1 Å². The minimum absolute atomic E-state index is 0.906. The van der Waals surface area contributed by atoms with Crippen molar-refractivity contribution in [2.45, 2.75) is 10.8 Å². The molecule has 2 nitrogen and oxygen atoms in total. The number of thioether (sulfide) groups is 1. The van der Waals surface area contributed by atoms with Crippen LogP contribution in [0.5, 0.6) is 0 Å². The van der Waals surface area contributed by atoms with Crippen molar-refractivity contribution in [2.75, 3.05) is 0 Å². The van der Waals surface area contributed by atoms with Crippen LogP contribution in [-0.2, 0) is 5.75 Å². The molecule has 3 rings (SSSR count). The summed E-state index contributed by atoms with van der Waals surface area (Å²) >= 11 is 6.97. The molecule has 0 saturated carbocycles. The SMILES string of the molecule is Brc1ccccc1CSc1ncnc2sccc12. The molecule has 0 aliphatic carbocycles. The van der Waals surface area contributed by atoms with E-state index in [1.165, 1.54) is 5.56 Å². The minimum atomic E-state index is 0.906. The molecule has 0 spiro atoms. The summed E-state index contributed by atoms with van der Waals surface area (Å²) in [6, 6.07) is 10.4. The highest BCUT2D eigenvalue weighted by atomic mass is 79.9. The van der Waals surface area contributed by atoms with Gasteiger partial charge in [-0.1, -0.05) is 34.1 Å². The van der Waals surface area contributed by atoms with Crippen LogP contribution in [0, 0.1) is 0 Å². The molecule has 0 bridgehead atoms. The smallest absolute Gasteiger partial charge is 0.127 e. The molecule has 0 saturated heterocycles. The third kappa shape index (κ3) is 2.43. The number of halogens is 1. The van der Waals surface area contributed by atoms with E-state index in [0.717, 1.165) is 25.5 Å². The van der Waals surface area contributed by atoms with Crippen molar-refractivity contribution < 1.29 is 0 Å². The van der Waals surface area contributed by atoms with Crippen LogP contribution in [-0.4, -0.2) is 9.97 Å². The maximum atomic E-state index is 4.37. The second-order valence-electron chi connectivity index (χ2n) is 3.70. The van der Waals surface area contributed by atoms with Crippen molar-refractivity contribution in [3.63, 3.8) is 0 Å². The minimum Gasteiger partial charge on any atom is -0.229 e. The summed E-state index contributed by atoms with van der Waals surface area (Å²) in [4.78, 5) is 9.68. The van der Waals surface area contributed by atoms with E-state index in [0.29, 0.717) is 0 Å². The number of aromatic nitrogens is 2. The summed E-state index contributed by atoms with van der Waals surface area (Å²) in [5.74, 6) is 0.906. The molecular formula is C13H9BrN2S2. The van der Waals surface area contributed by atoms with Crippen LogP contribution < -0.4 is 0 Å². The quantitative estimate of drug-likeness (QED) is 0.510. The molecule has 3 aromatic rings. The van der Waals surface area contributed by atoms with E-state index in [4.69, 9.17) is 0 Å². The van der Waals surface area contributed by atoms with Gasteiger partial charge in [-0.3, -0.25) is 0 Å². The average molecular weight is 337 g/mol. The van der Waals surface area contributed by atoms with Crippen molar-refractivity contribution in [1.82, 2.24) is 9.97 Å². The zero-order chi connectivity index (χ0) is 12.4. The van der Waals surface area contributed by atoms with Crippen molar-refractivity contribution >= 4 is 49.2 Å². The van der Waals surface area contributed by atoms with Crippen LogP contribution in [0.25, 0.3) is 10.2 Å². The molecule has 2 aromatic heterocycles. The molecule has 0 aliphatic heterocycles. The van der Waals surface area contributed by atoms with E-state index in [2.05, 4.69) is 55.5 Å². The molecule has 0 amide bonds. The van der Waals surface area contributed by atoms with Gasteiger partial charge in [0.15, 0.2) is 0 Å². The van der Waals surface area contributed by atoms with E-state index >= 15 is 0 Å². The second-order valence-corrected chi connectivity index (χ2v) is 6.41. The maximum absolute atomic E-state index is 4.37. The lowest BCUT2D eigenvalue weighted by Gasteiger charge is -2.04. The van der Waals surface area contributed by atoms with Crippen LogP contribution >= 0.6 is 39.0 Å². The van der Waals surface area contributed by atoms with E-state index in [-0.39, 0.29) is 0 Å². The van der Waals surface area contributed by atoms with Gasteiger partial charge in [0.1, 0.15) is 16.2 Å². The van der Waals surface area contributed by atoms with Gasteiger partial charge >= 0.3 is 0 Å². The molecule has 0 unspecified atom stereocenters. The molecule has 5 heteroatoms. The van der Waals surface area contributed by atoms with Gasteiger partial charge in [-0.15, -0.1) is 23.1 Å². The van der Waals surface area contributed by atoms with Crippen LogP contribution in [0.3, 0.4) is 0 Å². The topological polar surface area (TPSA) is 25.8 Å². The molecule has 0 radical (unpaired) electrons. The molecule has 18 heavy (non-hydrogen) atoms. The Morgan fingerprint density at radius 3 is 2.94 bits per heavy atom. The van der Waals surface area contributed by atoms with E-state index in [1.54, 1.807) is 29.4 Å². The van der Waals surface area contributed by atoms with E-state index in [1.807, 2.05) is 6.07 Å². The Kier molecular flexibility index (Phi) is 3.63. The number of benzene rings is 1. The first-order valence-electron chi connectivity index (χ1n) is 5.39. The van der Waals surface area contributed by atoms with Crippen LogP contribution in [0.15, 0.2) is 51.5 Å². The predicted octanol–water partition coefficient (Wildman–Crippen LogP) is 4.75. The fraction of sp³-hybridized carbons (Fsp3) is 0.0769. The van der Waals surface area contributed by atoms with Gasteiger partial charge in [-0.05, 0) is 23.1 Å². The Morgan fingerprint density at radius 1 is 1.17 bits per heavy atom. The van der Waals surface area contributed by atoms with Gasteiger partial charge in [0, 0.05) is 15.6 Å². The first kappa shape index (κ1) is 12.1. The summed E-state index contributed by atoms with van der Waals surface area (Å²) in [6.45, 7) is 0. The number of thiophene rings is 1. The van der Waals surface area contributed by atoms with Gasteiger partial charge in [0.25, 0.3) is 0 Å². The number of nitrogens with zero attached hydrogens (tertiary/aromatic N) is 2. The highest BCUT2D eigenvalue weighted by Crippen LogP contribution is 2.31. The number of hydrogen-bond donors (Lipinski definition) is 0. The number of fused-ring (bicyclic) bond motifs is 1. The lowest BCUT2D eigenvalue weighted by Crippen LogP contribution is -1.86. The Balaban J connectivity index is 1.85. The number of hydrogen-bond acceptors (Lipinski definition) is 4. The standard InChI is InChI=1S/C13H9BrN2S2/c14-11-4-2-1-3-9(11)7-18-13-10-5-6-17-12(10)15-8-16-13/h1-6,8H,7H2. The first-order chi connectivity index (χ1) is 8.84. The Labute approximate surface area is 122 Å². The summed E-state index contributed by atoms with van der Waals surface area (Å²) in [6.07, 6.45) is 1.64. The predicted molar refractivity (Wildman–Crippen MR) is 81.1 cm³/mol. The van der Waals surface area contributed by atoms with Gasteiger partial charge in [0.2, 0.25) is 0 Å². The molecule has 1 aromatic carbocycles. The summed E-state index contributed by atoms with van der Waals surface area (Å²) in [5.41, 5.74) is 1.28. The summed E-state index contributed by atoms with van der Waals surface area (Å²) < 4.78 is 1.15. The average Bonchev–Trinajstić information content (AvgIpc) is 2.86. The van der Waals surface area contributed by atoms with Crippen molar-refractivity contribution in [3.8, 4) is 0 Å². The first-order valence-corrected chi connectivity index (χ1v) is 8.05. The van der Waals surface area contributed by atoms with Gasteiger partial charge < -0.3 is 0 Å². The van der Waals surface area contributed by atoms with E-state index < -0.39 is 0 Å². The highest BCUT2D eigenvalue weighted by molar-refractivity contribution is 9.10. The Morgan fingerprint density at radius 2 is 2.06 bits per heavy atom. The lowest BCUT2D eigenvalue weighted by molar-refractivity contribution is 1.11. The molecule has 0 fully saturated rings. The maximum Gasteiger partial charge on any atom is 0.127 e. The third-order valence-corrected chi connectivity index (χ3v) is 5.20. The van der Waals surface area contributed by atoms with Crippen LogP contribution in [0.2, 0.25) is 0 Å². The van der Waals surface area contributed by atoms with Gasteiger partial charge in [0.05, 0.1) is 0 Å². The lowest BCUT2D eigenvalue weighted by atomic mass is 10.2. The van der Waals surface area contributed by atoms with Gasteiger partial charge in [-0.2, -0.15) is 0 Å². The normalized spacial score (nSPS) is 10.9. The third-order valence-electron chi connectivity index (χ3n) is 2.55. The van der Waals surface area contributed by atoms with Crippen LogP contribution in [0.4, 0.5) is 0 Å². The Hall–Kier alpha value is -0.910. The fourth-order valence-corrected chi connectivity index (χ4v) is 4.04. The zero-order valence-corrected chi connectivity index (χ0v) is 12.6. The summed E-state index contributed by atoms with van der Waals surface area (Å²) in [5, 5.41) is 4.26. The molecular weight excluding hydrogens is 328 g/mol.